The lowest BCUT2D eigenvalue weighted by Gasteiger charge is -2.02. The van der Waals surface area contributed by atoms with E-state index in [1.807, 2.05) is 6.07 Å². The zero-order valence-electron chi connectivity index (χ0n) is 10.2. The first-order valence-corrected chi connectivity index (χ1v) is 5.40. The van der Waals surface area contributed by atoms with Crippen molar-refractivity contribution in [2.24, 2.45) is 5.73 Å². The quantitative estimate of drug-likeness (QED) is 0.777. The van der Waals surface area contributed by atoms with Gasteiger partial charge >= 0.3 is 0 Å². The van der Waals surface area contributed by atoms with Crippen molar-refractivity contribution >= 4 is 11.9 Å². The van der Waals surface area contributed by atoms with Gasteiger partial charge in [-0.15, -0.1) is 0 Å². The van der Waals surface area contributed by atoms with Crippen LogP contribution in [0.15, 0.2) is 18.6 Å². The zero-order chi connectivity index (χ0) is 13.8. The van der Waals surface area contributed by atoms with E-state index in [1.165, 1.54) is 17.1 Å². The summed E-state index contributed by atoms with van der Waals surface area (Å²) in [6.07, 6.45) is 4.55. The second kappa shape index (κ2) is 5.14. The third-order valence-corrected chi connectivity index (χ3v) is 2.36. The second-order valence-electron chi connectivity index (χ2n) is 3.71. The predicted octanol–water partition coefficient (Wildman–Crippen LogP) is -0.261. The molecule has 0 spiro atoms. The average Bonchev–Trinajstić information content (AvgIpc) is 2.85. The number of primary amides is 1. The molecular weight excluding hydrogens is 246 g/mol. The van der Waals surface area contributed by atoms with E-state index in [0.717, 1.165) is 0 Å². The number of nitrogens with one attached hydrogen (secondary N) is 1. The molecule has 0 radical (unpaired) electrons. The van der Waals surface area contributed by atoms with E-state index in [4.69, 9.17) is 11.0 Å². The van der Waals surface area contributed by atoms with Crippen molar-refractivity contribution in [3.8, 4) is 17.3 Å². The Morgan fingerprint density at radius 1 is 1.58 bits per heavy atom. The van der Waals surface area contributed by atoms with E-state index >= 15 is 0 Å². The minimum atomic E-state index is -0.492. The molecule has 2 heterocycles. The molecule has 0 bridgehead atoms. The Labute approximate surface area is 108 Å². The van der Waals surface area contributed by atoms with E-state index in [-0.39, 0.29) is 6.54 Å². The SMILES string of the molecule is CNc1ncc(C#N)c(-c2cnn(CC(N)=O)c2)n1. The fourth-order valence-corrected chi connectivity index (χ4v) is 1.54. The lowest BCUT2D eigenvalue weighted by Crippen LogP contribution is -2.18. The smallest absolute Gasteiger partial charge is 0.239 e. The van der Waals surface area contributed by atoms with E-state index in [2.05, 4.69) is 20.4 Å². The van der Waals surface area contributed by atoms with Crippen LogP contribution in [-0.4, -0.2) is 32.7 Å². The summed E-state index contributed by atoms with van der Waals surface area (Å²) in [5.41, 5.74) is 6.50. The van der Waals surface area contributed by atoms with Crippen molar-refractivity contribution in [3.63, 3.8) is 0 Å². The molecule has 0 unspecified atom stereocenters. The number of rotatable bonds is 4. The van der Waals surface area contributed by atoms with Gasteiger partial charge in [0.05, 0.1) is 23.7 Å². The zero-order valence-corrected chi connectivity index (χ0v) is 10.2. The fraction of sp³-hybridized carbons (Fsp3) is 0.182. The molecule has 0 aromatic carbocycles. The van der Waals surface area contributed by atoms with E-state index in [1.54, 1.807) is 13.2 Å². The average molecular weight is 257 g/mol. The Morgan fingerprint density at radius 2 is 2.37 bits per heavy atom. The number of carbonyl (C=O) groups is 1. The molecule has 0 fully saturated rings. The summed E-state index contributed by atoms with van der Waals surface area (Å²) in [4.78, 5) is 19.0. The Bertz CT molecular complexity index is 655. The summed E-state index contributed by atoms with van der Waals surface area (Å²) in [7, 11) is 1.68. The summed E-state index contributed by atoms with van der Waals surface area (Å²) in [6, 6.07) is 2.01. The van der Waals surface area contributed by atoms with Crippen LogP contribution in [0.4, 0.5) is 5.95 Å². The van der Waals surface area contributed by atoms with Gasteiger partial charge in [-0.05, 0) is 0 Å². The van der Waals surface area contributed by atoms with Gasteiger partial charge in [0.25, 0.3) is 0 Å². The molecule has 8 nitrogen and oxygen atoms in total. The molecule has 2 rings (SSSR count). The normalized spacial score (nSPS) is 9.89. The molecule has 0 atom stereocenters. The van der Waals surface area contributed by atoms with Crippen molar-refractivity contribution in [3.05, 3.63) is 24.2 Å². The molecule has 0 saturated carbocycles. The van der Waals surface area contributed by atoms with Crippen LogP contribution in [-0.2, 0) is 11.3 Å². The molecule has 2 aromatic heterocycles. The summed E-state index contributed by atoms with van der Waals surface area (Å²) in [6.45, 7) is -0.0220. The second-order valence-corrected chi connectivity index (χ2v) is 3.71. The minimum Gasteiger partial charge on any atom is -0.368 e. The molecule has 96 valence electrons. The van der Waals surface area contributed by atoms with Gasteiger partial charge in [-0.3, -0.25) is 9.48 Å². The predicted molar refractivity (Wildman–Crippen MR) is 66.7 cm³/mol. The molecule has 8 heteroatoms. The van der Waals surface area contributed by atoms with Gasteiger partial charge < -0.3 is 11.1 Å². The molecule has 2 aromatic rings. The van der Waals surface area contributed by atoms with Crippen LogP contribution >= 0.6 is 0 Å². The van der Waals surface area contributed by atoms with E-state index in [0.29, 0.717) is 22.8 Å². The van der Waals surface area contributed by atoms with Crippen molar-refractivity contribution in [2.75, 3.05) is 12.4 Å². The first-order chi connectivity index (χ1) is 9.13. The van der Waals surface area contributed by atoms with E-state index < -0.39 is 5.91 Å². The Hall–Kier alpha value is -2.95. The lowest BCUT2D eigenvalue weighted by molar-refractivity contribution is -0.118. The van der Waals surface area contributed by atoms with Crippen LogP contribution in [0.25, 0.3) is 11.3 Å². The first-order valence-electron chi connectivity index (χ1n) is 5.40. The van der Waals surface area contributed by atoms with Gasteiger partial charge in [0, 0.05) is 18.8 Å². The van der Waals surface area contributed by atoms with Crippen molar-refractivity contribution in [2.45, 2.75) is 6.54 Å². The van der Waals surface area contributed by atoms with Crippen LogP contribution < -0.4 is 11.1 Å². The van der Waals surface area contributed by atoms with Crippen LogP contribution in [0.3, 0.4) is 0 Å². The Kier molecular flexibility index (Phi) is 3.38. The molecule has 1 amide bonds. The molecule has 0 aliphatic rings. The number of hydrogen-bond donors (Lipinski definition) is 2. The third kappa shape index (κ3) is 2.66. The number of aromatic nitrogens is 4. The number of amides is 1. The highest BCUT2D eigenvalue weighted by molar-refractivity contribution is 5.73. The monoisotopic (exact) mass is 257 g/mol. The molecule has 19 heavy (non-hydrogen) atoms. The third-order valence-electron chi connectivity index (χ3n) is 2.36. The molecule has 0 aliphatic heterocycles. The highest BCUT2D eigenvalue weighted by Gasteiger charge is 2.11. The number of carbonyl (C=O) groups excluding carboxylic acids is 1. The Balaban J connectivity index is 2.43. The van der Waals surface area contributed by atoms with Crippen LogP contribution in [0.1, 0.15) is 5.56 Å². The maximum absolute atomic E-state index is 10.8. The first kappa shape index (κ1) is 12.5. The molecule has 0 aliphatic carbocycles. The summed E-state index contributed by atoms with van der Waals surface area (Å²) in [5, 5.41) is 15.8. The van der Waals surface area contributed by atoms with Crippen LogP contribution in [0, 0.1) is 11.3 Å². The summed E-state index contributed by atoms with van der Waals surface area (Å²) < 4.78 is 1.39. The lowest BCUT2D eigenvalue weighted by atomic mass is 10.1. The minimum absolute atomic E-state index is 0.0220. The highest BCUT2D eigenvalue weighted by atomic mass is 16.1. The maximum Gasteiger partial charge on any atom is 0.239 e. The van der Waals surface area contributed by atoms with Gasteiger partial charge in [0.1, 0.15) is 12.6 Å². The number of anilines is 1. The summed E-state index contributed by atoms with van der Waals surface area (Å²) >= 11 is 0. The standard InChI is InChI=1S/C11H11N7O/c1-14-11-15-3-7(2-12)10(17-11)8-4-16-18(5-8)6-9(13)19/h3-5H,6H2,1H3,(H2,13,19)(H,14,15,17). The topological polar surface area (TPSA) is 123 Å². The number of hydrogen-bond acceptors (Lipinski definition) is 6. The fourth-order valence-electron chi connectivity index (χ4n) is 1.54. The summed E-state index contributed by atoms with van der Waals surface area (Å²) in [5.74, 6) is -0.0922. The van der Waals surface area contributed by atoms with Gasteiger partial charge in [0.2, 0.25) is 11.9 Å². The van der Waals surface area contributed by atoms with E-state index in [9.17, 15) is 4.79 Å². The highest BCUT2D eigenvalue weighted by Crippen LogP contribution is 2.21. The number of nitrogens with zero attached hydrogens (tertiary/aromatic N) is 5. The maximum atomic E-state index is 10.8. The van der Waals surface area contributed by atoms with Gasteiger partial charge in [0.15, 0.2) is 0 Å². The Morgan fingerprint density at radius 3 is 3.00 bits per heavy atom. The molecule has 0 saturated heterocycles. The van der Waals surface area contributed by atoms with Gasteiger partial charge in [-0.1, -0.05) is 0 Å². The van der Waals surface area contributed by atoms with Crippen LogP contribution in [0.2, 0.25) is 0 Å². The number of nitrogens with two attached hydrogens (primary N) is 1. The number of nitriles is 1. The van der Waals surface area contributed by atoms with Crippen molar-refractivity contribution in [1.82, 2.24) is 19.7 Å². The van der Waals surface area contributed by atoms with Crippen molar-refractivity contribution in [1.29, 1.82) is 5.26 Å². The van der Waals surface area contributed by atoms with Gasteiger partial charge in [-0.2, -0.15) is 10.4 Å². The van der Waals surface area contributed by atoms with Gasteiger partial charge in [-0.25, -0.2) is 9.97 Å². The molecule has 3 N–H and O–H groups in total. The van der Waals surface area contributed by atoms with Crippen LogP contribution in [0.5, 0.6) is 0 Å². The largest absolute Gasteiger partial charge is 0.368 e. The molecular formula is C11H11N7O. The van der Waals surface area contributed by atoms with Crippen molar-refractivity contribution < 1.29 is 4.79 Å².